The first-order chi connectivity index (χ1) is 15.1. The normalized spacial score (nSPS) is 21.4. The van der Waals surface area contributed by atoms with Gasteiger partial charge in [0.2, 0.25) is 0 Å². The Kier molecular flexibility index (Phi) is 6.89. The molecule has 0 atom stereocenters. The average Bonchev–Trinajstić information content (AvgIpc) is 3.05. The van der Waals surface area contributed by atoms with Crippen molar-refractivity contribution in [1.82, 2.24) is 19.6 Å². The van der Waals surface area contributed by atoms with Gasteiger partial charge in [-0.15, -0.1) is 0 Å². The van der Waals surface area contributed by atoms with Crippen LogP contribution in [-0.4, -0.2) is 111 Å². The molecule has 168 valence electrons. The summed E-state index contributed by atoms with van der Waals surface area (Å²) in [6.07, 6.45) is 0.767. The van der Waals surface area contributed by atoms with E-state index >= 15 is 0 Å². The zero-order chi connectivity index (χ0) is 21.8. The second kappa shape index (κ2) is 9.80. The van der Waals surface area contributed by atoms with Crippen LogP contribution in [0.2, 0.25) is 0 Å². The summed E-state index contributed by atoms with van der Waals surface area (Å²) in [5.74, 6) is 0.373. The molecule has 1 aromatic carbocycles. The minimum Gasteiger partial charge on any atom is -0.497 e. The lowest BCUT2D eigenvalue weighted by molar-refractivity contribution is -0.137. The number of hydrogen-bond acceptors (Lipinski definition) is 7. The number of nitrogens with zero attached hydrogens (tertiary/aromatic N) is 4. The molecule has 0 radical (unpaired) electrons. The zero-order valence-corrected chi connectivity index (χ0v) is 18.5. The van der Waals surface area contributed by atoms with Crippen molar-refractivity contribution in [1.29, 1.82) is 0 Å². The number of morpholine rings is 1. The van der Waals surface area contributed by atoms with Crippen LogP contribution in [0.4, 0.5) is 0 Å². The van der Waals surface area contributed by atoms with Crippen molar-refractivity contribution in [3.05, 3.63) is 35.5 Å². The maximum absolute atomic E-state index is 13.4. The Labute approximate surface area is 184 Å². The SMILES string of the molecule is COc1ccc(C2=C(N3CCN(C)CC3)C(=O)N(CCCN3CCOCC3)C2=O)cc1. The zero-order valence-electron chi connectivity index (χ0n) is 18.5. The quantitative estimate of drug-likeness (QED) is 0.594. The molecule has 3 heterocycles. The maximum atomic E-state index is 13.4. The number of carbonyl (C=O) groups excluding carboxylic acids is 2. The number of likely N-dealkylation sites (N-methyl/N-ethyl adjacent to an activating group) is 1. The molecular formula is C23H32N4O4. The topological polar surface area (TPSA) is 65.6 Å². The van der Waals surface area contributed by atoms with E-state index in [0.29, 0.717) is 17.8 Å². The summed E-state index contributed by atoms with van der Waals surface area (Å²) in [7, 11) is 3.69. The Morgan fingerprint density at radius 1 is 0.903 bits per heavy atom. The molecule has 31 heavy (non-hydrogen) atoms. The fraction of sp³-hybridized carbons (Fsp3) is 0.565. The third-order valence-electron chi connectivity index (χ3n) is 6.30. The number of carbonyl (C=O) groups is 2. The molecule has 0 aliphatic carbocycles. The summed E-state index contributed by atoms with van der Waals surface area (Å²) in [4.78, 5) is 34.9. The van der Waals surface area contributed by atoms with Gasteiger partial charge in [-0.2, -0.15) is 0 Å². The lowest BCUT2D eigenvalue weighted by Crippen LogP contribution is -2.46. The predicted molar refractivity (Wildman–Crippen MR) is 118 cm³/mol. The molecule has 0 bridgehead atoms. The molecule has 0 aromatic heterocycles. The number of hydrogen-bond donors (Lipinski definition) is 0. The molecule has 8 heteroatoms. The van der Waals surface area contributed by atoms with E-state index in [4.69, 9.17) is 9.47 Å². The van der Waals surface area contributed by atoms with E-state index in [0.717, 1.165) is 76.8 Å². The van der Waals surface area contributed by atoms with E-state index < -0.39 is 0 Å². The second-order valence-electron chi connectivity index (χ2n) is 8.31. The Bertz CT molecular complexity index is 824. The molecule has 4 rings (SSSR count). The fourth-order valence-electron chi connectivity index (χ4n) is 4.38. The number of rotatable bonds is 7. The number of imide groups is 1. The van der Waals surface area contributed by atoms with Gasteiger partial charge in [0.25, 0.3) is 11.8 Å². The molecule has 3 aliphatic heterocycles. The van der Waals surface area contributed by atoms with Crippen molar-refractivity contribution in [3.63, 3.8) is 0 Å². The minimum absolute atomic E-state index is 0.164. The van der Waals surface area contributed by atoms with Crippen molar-refractivity contribution in [2.45, 2.75) is 6.42 Å². The highest BCUT2D eigenvalue weighted by Gasteiger charge is 2.41. The monoisotopic (exact) mass is 428 g/mol. The van der Waals surface area contributed by atoms with E-state index in [9.17, 15) is 9.59 Å². The van der Waals surface area contributed by atoms with Gasteiger partial charge in [0.15, 0.2) is 0 Å². The number of ether oxygens (including phenoxy) is 2. The first-order valence-electron chi connectivity index (χ1n) is 11.1. The lowest BCUT2D eigenvalue weighted by atomic mass is 10.0. The summed E-state index contributed by atoms with van der Waals surface area (Å²) in [5.41, 5.74) is 1.84. The average molecular weight is 429 g/mol. The van der Waals surface area contributed by atoms with Crippen LogP contribution < -0.4 is 4.74 Å². The third kappa shape index (κ3) is 4.76. The highest BCUT2D eigenvalue weighted by atomic mass is 16.5. The van der Waals surface area contributed by atoms with E-state index in [1.165, 1.54) is 4.90 Å². The van der Waals surface area contributed by atoms with Crippen LogP contribution in [0.15, 0.2) is 30.0 Å². The second-order valence-corrected chi connectivity index (χ2v) is 8.31. The van der Waals surface area contributed by atoms with Crippen molar-refractivity contribution in [2.75, 3.05) is 79.7 Å². The fourth-order valence-corrected chi connectivity index (χ4v) is 4.38. The van der Waals surface area contributed by atoms with Gasteiger partial charge >= 0.3 is 0 Å². The standard InChI is InChI=1S/C23H32N4O4/c1-24-10-12-26(13-11-24)21-20(18-4-6-19(30-2)7-5-18)22(28)27(23(21)29)9-3-8-25-14-16-31-17-15-25/h4-7H,3,8-17H2,1-2H3. The van der Waals surface area contributed by atoms with Crippen LogP contribution in [0, 0.1) is 0 Å². The van der Waals surface area contributed by atoms with Crippen LogP contribution in [-0.2, 0) is 14.3 Å². The van der Waals surface area contributed by atoms with Crippen molar-refractivity contribution in [3.8, 4) is 5.75 Å². The molecule has 2 amide bonds. The summed E-state index contributed by atoms with van der Waals surface area (Å²) in [6, 6.07) is 7.41. The number of benzene rings is 1. The van der Waals surface area contributed by atoms with Crippen molar-refractivity contribution in [2.24, 2.45) is 0 Å². The van der Waals surface area contributed by atoms with Gasteiger partial charge in [0.1, 0.15) is 11.4 Å². The molecule has 0 unspecified atom stereocenters. The Balaban J connectivity index is 1.54. The van der Waals surface area contributed by atoms with Gasteiger partial charge in [-0.25, -0.2) is 0 Å². The van der Waals surface area contributed by atoms with Crippen LogP contribution in [0.1, 0.15) is 12.0 Å². The number of piperazine rings is 1. The molecule has 8 nitrogen and oxygen atoms in total. The number of amides is 2. The maximum Gasteiger partial charge on any atom is 0.277 e. The molecule has 0 saturated carbocycles. The van der Waals surface area contributed by atoms with E-state index in [1.807, 2.05) is 24.3 Å². The highest BCUT2D eigenvalue weighted by molar-refractivity contribution is 6.35. The Hall–Kier alpha value is -2.42. The van der Waals surface area contributed by atoms with Gasteiger partial charge in [0, 0.05) is 52.4 Å². The molecular weight excluding hydrogens is 396 g/mol. The summed E-state index contributed by atoms with van der Waals surface area (Å²) in [6.45, 7) is 7.84. The van der Waals surface area contributed by atoms with Gasteiger partial charge in [-0.3, -0.25) is 19.4 Å². The first kappa shape index (κ1) is 21.8. The molecule has 3 aliphatic rings. The molecule has 0 N–H and O–H groups in total. The van der Waals surface area contributed by atoms with E-state index in [-0.39, 0.29) is 11.8 Å². The van der Waals surface area contributed by atoms with Gasteiger partial charge in [0.05, 0.1) is 25.9 Å². The van der Waals surface area contributed by atoms with Gasteiger partial charge in [-0.1, -0.05) is 12.1 Å². The van der Waals surface area contributed by atoms with Gasteiger partial charge in [-0.05, 0) is 31.2 Å². The minimum atomic E-state index is -0.189. The molecule has 2 saturated heterocycles. The first-order valence-corrected chi connectivity index (χ1v) is 11.1. The summed E-state index contributed by atoms with van der Waals surface area (Å²) >= 11 is 0. The van der Waals surface area contributed by atoms with Crippen LogP contribution in [0.5, 0.6) is 5.75 Å². The van der Waals surface area contributed by atoms with Crippen LogP contribution in [0.3, 0.4) is 0 Å². The molecule has 1 aromatic rings. The van der Waals surface area contributed by atoms with Crippen molar-refractivity contribution >= 4 is 17.4 Å². The highest BCUT2D eigenvalue weighted by Crippen LogP contribution is 2.33. The number of methoxy groups -OCH3 is 1. The largest absolute Gasteiger partial charge is 0.497 e. The third-order valence-corrected chi connectivity index (χ3v) is 6.30. The molecule has 0 spiro atoms. The van der Waals surface area contributed by atoms with Crippen LogP contribution in [0.25, 0.3) is 5.57 Å². The summed E-state index contributed by atoms with van der Waals surface area (Å²) in [5, 5.41) is 0. The predicted octanol–water partition coefficient (Wildman–Crippen LogP) is 0.745. The van der Waals surface area contributed by atoms with E-state index in [1.54, 1.807) is 7.11 Å². The Morgan fingerprint density at radius 2 is 1.58 bits per heavy atom. The van der Waals surface area contributed by atoms with Gasteiger partial charge < -0.3 is 19.3 Å². The Morgan fingerprint density at radius 3 is 2.23 bits per heavy atom. The van der Waals surface area contributed by atoms with E-state index in [2.05, 4.69) is 21.7 Å². The van der Waals surface area contributed by atoms with Crippen molar-refractivity contribution < 1.29 is 19.1 Å². The van der Waals surface area contributed by atoms with Crippen LogP contribution >= 0.6 is 0 Å². The smallest absolute Gasteiger partial charge is 0.277 e. The molecule has 2 fully saturated rings. The lowest BCUT2D eigenvalue weighted by Gasteiger charge is -2.34. The summed E-state index contributed by atoms with van der Waals surface area (Å²) < 4.78 is 10.7.